The minimum absolute atomic E-state index is 0.0513. The van der Waals surface area contributed by atoms with Gasteiger partial charge in [0.25, 0.3) is 5.91 Å². The van der Waals surface area contributed by atoms with Crippen LogP contribution in [0.15, 0.2) is 28.7 Å². The Bertz CT molecular complexity index is 445. The summed E-state index contributed by atoms with van der Waals surface area (Å²) in [6.45, 7) is 4.76. The molecular weight excluding hydrogens is 280 g/mol. The van der Waals surface area contributed by atoms with E-state index in [1.54, 1.807) is 0 Å². The number of halogens is 1. The maximum atomic E-state index is 12.5. The van der Waals surface area contributed by atoms with Crippen LogP contribution in [0, 0.1) is 0 Å². The van der Waals surface area contributed by atoms with E-state index in [1.807, 2.05) is 29.2 Å². The number of amides is 1. The minimum atomic E-state index is -0.161. The molecule has 0 bridgehead atoms. The third-order valence-corrected chi connectivity index (χ3v) is 3.95. The van der Waals surface area contributed by atoms with Crippen LogP contribution in [0.2, 0.25) is 0 Å². The molecule has 1 unspecified atom stereocenters. The number of benzene rings is 1. The van der Waals surface area contributed by atoms with Gasteiger partial charge in [-0.05, 0) is 48.3 Å². The quantitative estimate of drug-likeness (QED) is 0.865. The topological polar surface area (TPSA) is 46.3 Å². The SMILES string of the molecule is CC1(C)CC(N)CN1C(=O)c1ccccc1Br. The van der Waals surface area contributed by atoms with Crippen LogP contribution in [0.5, 0.6) is 0 Å². The van der Waals surface area contributed by atoms with Crippen molar-refractivity contribution in [2.45, 2.75) is 31.8 Å². The lowest BCUT2D eigenvalue weighted by molar-refractivity contribution is 0.0650. The highest BCUT2D eigenvalue weighted by Crippen LogP contribution is 2.30. The highest BCUT2D eigenvalue weighted by molar-refractivity contribution is 9.10. The number of nitrogens with zero attached hydrogens (tertiary/aromatic N) is 1. The van der Waals surface area contributed by atoms with Gasteiger partial charge in [-0.15, -0.1) is 0 Å². The van der Waals surface area contributed by atoms with Crippen molar-refractivity contribution in [3.8, 4) is 0 Å². The van der Waals surface area contributed by atoms with Gasteiger partial charge in [0.05, 0.1) is 5.56 Å². The summed E-state index contributed by atoms with van der Waals surface area (Å²) in [5.41, 5.74) is 6.49. The lowest BCUT2D eigenvalue weighted by Gasteiger charge is -2.31. The Hall–Kier alpha value is -0.870. The molecule has 0 aromatic heterocycles. The van der Waals surface area contributed by atoms with Crippen LogP contribution in [0.25, 0.3) is 0 Å². The normalized spacial score (nSPS) is 22.8. The molecule has 1 heterocycles. The van der Waals surface area contributed by atoms with E-state index in [4.69, 9.17) is 5.73 Å². The second kappa shape index (κ2) is 4.42. The van der Waals surface area contributed by atoms with Gasteiger partial charge in [-0.25, -0.2) is 0 Å². The van der Waals surface area contributed by atoms with E-state index in [1.165, 1.54) is 0 Å². The molecule has 0 saturated carbocycles. The molecule has 1 aliphatic heterocycles. The van der Waals surface area contributed by atoms with Crippen LogP contribution in [0.3, 0.4) is 0 Å². The molecule has 1 saturated heterocycles. The molecule has 1 amide bonds. The van der Waals surface area contributed by atoms with Gasteiger partial charge in [-0.1, -0.05) is 12.1 Å². The zero-order valence-electron chi connectivity index (χ0n) is 10.1. The fourth-order valence-corrected chi connectivity index (χ4v) is 2.89. The van der Waals surface area contributed by atoms with Crippen molar-refractivity contribution < 1.29 is 4.79 Å². The van der Waals surface area contributed by atoms with E-state index < -0.39 is 0 Å². The first kappa shape index (κ1) is 12.6. The monoisotopic (exact) mass is 296 g/mol. The first-order valence-corrected chi connectivity index (χ1v) is 6.53. The smallest absolute Gasteiger partial charge is 0.255 e. The van der Waals surface area contributed by atoms with E-state index in [2.05, 4.69) is 29.8 Å². The van der Waals surface area contributed by atoms with E-state index in [-0.39, 0.29) is 17.5 Å². The lowest BCUT2D eigenvalue weighted by atomic mass is 10.00. The maximum Gasteiger partial charge on any atom is 0.255 e. The third-order valence-electron chi connectivity index (χ3n) is 3.26. The number of rotatable bonds is 1. The summed E-state index contributed by atoms with van der Waals surface area (Å²) < 4.78 is 0.835. The predicted molar refractivity (Wildman–Crippen MR) is 71.8 cm³/mol. The van der Waals surface area contributed by atoms with Crippen molar-refractivity contribution in [1.29, 1.82) is 0 Å². The second-order valence-electron chi connectivity index (χ2n) is 5.17. The van der Waals surface area contributed by atoms with E-state index in [0.29, 0.717) is 12.1 Å². The van der Waals surface area contributed by atoms with Crippen molar-refractivity contribution in [1.82, 2.24) is 4.90 Å². The molecule has 1 aromatic rings. The molecular formula is C13H17BrN2O. The van der Waals surface area contributed by atoms with Gasteiger partial charge in [0.2, 0.25) is 0 Å². The van der Waals surface area contributed by atoms with Gasteiger partial charge < -0.3 is 10.6 Å². The Kier molecular flexibility index (Phi) is 3.27. The number of carbonyl (C=O) groups is 1. The van der Waals surface area contributed by atoms with Gasteiger partial charge in [0.15, 0.2) is 0 Å². The van der Waals surface area contributed by atoms with Crippen molar-refractivity contribution in [3.63, 3.8) is 0 Å². The third kappa shape index (κ3) is 2.38. The molecule has 0 aliphatic carbocycles. The summed E-state index contributed by atoms with van der Waals surface area (Å²) in [7, 11) is 0. The second-order valence-corrected chi connectivity index (χ2v) is 6.03. The van der Waals surface area contributed by atoms with Gasteiger partial charge in [-0.2, -0.15) is 0 Å². The predicted octanol–water partition coefficient (Wildman–Crippen LogP) is 2.40. The minimum Gasteiger partial charge on any atom is -0.332 e. The summed E-state index contributed by atoms with van der Waals surface area (Å²) in [5.74, 6) is 0.0513. The summed E-state index contributed by atoms with van der Waals surface area (Å²) in [6, 6.07) is 7.59. The summed E-state index contributed by atoms with van der Waals surface area (Å²) in [6.07, 6.45) is 0.850. The molecule has 2 N–H and O–H groups in total. The summed E-state index contributed by atoms with van der Waals surface area (Å²) >= 11 is 3.42. The average molecular weight is 297 g/mol. The van der Waals surface area contributed by atoms with Crippen molar-refractivity contribution >= 4 is 21.8 Å². The molecule has 3 nitrogen and oxygen atoms in total. The first-order chi connectivity index (χ1) is 7.92. The Morgan fingerprint density at radius 3 is 2.65 bits per heavy atom. The summed E-state index contributed by atoms with van der Waals surface area (Å²) in [5, 5.41) is 0. The molecule has 1 fully saturated rings. The molecule has 1 aliphatic rings. The van der Waals surface area contributed by atoms with Crippen molar-refractivity contribution in [2.75, 3.05) is 6.54 Å². The largest absolute Gasteiger partial charge is 0.332 e. The lowest BCUT2D eigenvalue weighted by Crippen LogP contribution is -2.43. The molecule has 1 atom stereocenters. The van der Waals surface area contributed by atoms with Gasteiger partial charge in [-0.3, -0.25) is 4.79 Å². The number of nitrogens with two attached hydrogens (primary N) is 1. The number of likely N-dealkylation sites (tertiary alicyclic amines) is 1. The summed E-state index contributed by atoms with van der Waals surface area (Å²) in [4.78, 5) is 14.3. The van der Waals surface area contributed by atoms with Crippen LogP contribution in [0.1, 0.15) is 30.6 Å². The molecule has 4 heteroatoms. The van der Waals surface area contributed by atoms with Crippen molar-refractivity contribution in [2.24, 2.45) is 5.73 Å². The van der Waals surface area contributed by atoms with Gasteiger partial charge in [0, 0.05) is 22.6 Å². The first-order valence-electron chi connectivity index (χ1n) is 5.74. The van der Waals surface area contributed by atoms with Crippen LogP contribution in [0.4, 0.5) is 0 Å². The number of hydrogen-bond acceptors (Lipinski definition) is 2. The molecule has 1 aromatic carbocycles. The van der Waals surface area contributed by atoms with Crippen LogP contribution in [-0.4, -0.2) is 28.9 Å². The highest BCUT2D eigenvalue weighted by Gasteiger charge is 2.40. The van der Waals surface area contributed by atoms with Crippen LogP contribution in [-0.2, 0) is 0 Å². The Morgan fingerprint density at radius 2 is 2.12 bits per heavy atom. The van der Waals surface area contributed by atoms with Crippen LogP contribution >= 0.6 is 15.9 Å². The zero-order valence-corrected chi connectivity index (χ0v) is 11.7. The van der Waals surface area contributed by atoms with Crippen molar-refractivity contribution in [3.05, 3.63) is 34.3 Å². The maximum absolute atomic E-state index is 12.5. The number of hydrogen-bond donors (Lipinski definition) is 1. The fraction of sp³-hybridized carbons (Fsp3) is 0.462. The zero-order chi connectivity index (χ0) is 12.6. The molecule has 0 radical (unpaired) electrons. The van der Waals surface area contributed by atoms with E-state index in [0.717, 1.165) is 10.9 Å². The van der Waals surface area contributed by atoms with E-state index in [9.17, 15) is 4.79 Å². The van der Waals surface area contributed by atoms with Crippen LogP contribution < -0.4 is 5.73 Å². The Morgan fingerprint density at radius 1 is 1.47 bits per heavy atom. The standard InChI is InChI=1S/C13H17BrN2O/c1-13(2)7-9(15)8-16(13)12(17)10-5-3-4-6-11(10)14/h3-6,9H,7-8,15H2,1-2H3. The molecule has 2 rings (SSSR count). The Labute approximate surface area is 110 Å². The molecule has 0 spiro atoms. The Balaban J connectivity index is 2.30. The molecule has 17 heavy (non-hydrogen) atoms. The molecule has 92 valence electrons. The average Bonchev–Trinajstić information content (AvgIpc) is 2.51. The van der Waals surface area contributed by atoms with Gasteiger partial charge >= 0.3 is 0 Å². The van der Waals surface area contributed by atoms with E-state index >= 15 is 0 Å². The highest BCUT2D eigenvalue weighted by atomic mass is 79.9. The fourth-order valence-electron chi connectivity index (χ4n) is 2.44. The number of carbonyl (C=O) groups excluding carboxylic acids is 1. The van der Waals surface area contributed by atoms with Gasteiger partial charge in [0.1, 0.15) is 0 Å².